The van der Waals surface area contributed by atoms with Crippen molar-refractivity contribution in [2.24, 2.45) is 5.92 Å². The Bertz CT molecular complexity index is 217. The molecule has 5 heteroatoms. The molecular formula is C10H19NO4. The summed E-state index contributed by atoms with van der Waals surface area (Å²) in [5.41, 5.74) is 0. The van der Waals surface area contributed by atoms with Crippen LogP contribution in [0.5, 0.6) is 0 Å². The predicted molar refractivity (Wildman–Crippen MR) is 55.5 cm³/mol. The van der Waals surface area contributed by atoms with Gasteiger partial charge in [0, 0.05) is 13.2 Å². The molecule has 0 bridgehead atoms. The van der Waals surface area contributed by atoms with Gasteiger partial charge in [-0.2, -0.15) is 0 Å². The van der Waals surface area contributed by atoms with Crippen LogP contribution in [0.25, 0.3) is 0 Å². The monoisotopic (exact) mass is 217 g/mol. The minimum atomic E-state index is -0.989. The van der Waals surface area contributed by atoms with Crippen LogP contribution in [0.15, 0.2) is 0 Å². The highest BCUT2D eigenvalue weighted by Gasteiger charge is 2.22. The predicted octanol–water partition coefficient (Wildman–Crippen LogP) is 0.638. The molecule has 0 saturated heterocycles. The standard InChI is InChI=1S/C10H19NO4/c1-4-7(2)11-10(14)8(6-15-3)5-9(12)13/h7-8H,4-6H2,1-3H3,(H,11,14)(H,12,13). The van der Waals surface area contributed by atoms with Crippen LogP contribution in [0.1, 0.15) is 26.7 Å². The summed E-state index contributed by atoms with van der Waals surface area (Å²) in [7, 11) is 1.45. The van der Waals surface area contributed by atoms with Gasteiger partial charge in [0.2, 0.25) is 5.91 Å². The zero-order chi connectivity index (χ0) is 11.8. The molecule has 0 saturated carbocycles. The van der Waals surface area contributed by atoms with E-state index in [9.17, 15) is 9.59 Å². The van der Waals surface area contributed by atoms with E-state index in [0.29, 0.717) is 0 Å². The molecule has 15 heavy (non-hydrogen) atoms. The van der Waals surface area contributed by atoms with Gasteiger partial charge in [-0.15, -0.1) is 0 Å². The highest BCUT2D eigenvalue weighted by atomic mass is 16.5. The first kappa shape index (κ1) is 13.9. The number of carbonyl (C=O) groups excluding carboxylic acids is 1. The Kier molecular flexibility index (Phi) is 6.70. The fourth-order valence-electron chi connectivity index (χ4n) is 1.10. The number of amides is 1. The molecule has 2 unspecified atom stereocenters. The average molecular weight is 217 g/mol. The number of rotatable bonds is 7. The van der Waals surface area contributed by atoms with E-state index < -0.39 is 11.9 Å². The lowest BCUT2D eigenvalue weighted by Gasteiger charge is -2.17. The Labute approximate surface area is 89.8 Å². The highest BCUT2D eigenvalue weighted by Crippen LogP contribution is 2.05. The van der Waals surface area contributed by atoms with E-state index in [2.05, 4.69) is 5.32 Å². The summed E-state index contributed by atoms with van der Waals surface area (Å²) < 4.78 is 4.82. The summed E-state index contributed by atoms with van der Waals surface area (Å²) in [6, 6.07) is 0.0608. The fourth-order valence-corrected chi connectivity index (χ4v) is 1.10. The summed E-state index contributed by atoms with van der Waals surface area (Å²) in [4.78, 5) is 22.1. The highest BCUT2D eigenvalue weighted by molar-refractivity contribution is 5.83. The maximum absolute atomic E-state index is 11.6. The molecule has 1 amide bonds. The van der Waals surface area contributed by atoms with Crippen molar-refractivity contribution in [3.63, 3.8) is 0 Å². The molecule has 0 rings (SSSR count). The maximum atomic E-state index is 11.6. The molecule has 0 heterocycles. The molecule has 2 N–H and O–H groups in total. The van der Waals surface area contributed by atoms with Gasteiger partial charge >= 0.3 is 5.97 Å². The average Bonchev–Trinajstić information content (AvgIpc) is 2.16. The molecule has 0 radical (unpaired) electrons. The number of carboxylic acid groups (broad SMARTS) is 1. The Morgan fingerprint density at radius 2 is 2.07 bits per heavy atom. The first-order chi connectivity index (χ1) is 7.01. The second-order valence-electron chi connectivity index (χ2n) is 3.57. The molecule has 0 aromatic heterocycles. The topological polar surface area (TPSA) is 75.6 Å². The zero-order valence-corrected chi connectivity index (χ0v) is 9.45. The van der Waals surface area contributed by atoms with Gasteiger partial charge in [-0.25, -0.2) is 0 Å². The van der Waals surface area contributed by atoms with Gasteiger partial charge in [0.15, 0.2) is 0 Å². The third-order valence-corrected chi connectivity index (χ3v) is 2.16. The molecule has 0 aromatic rings. The third-order valence-electron chi connectivity index (χ3n) is 2.16. The van der Waals surface area contributed by atoms with Crippen LogP contribution >= 0.6 is 0 Å². The van der Waals surface area contributed by atoms with Gasteiger partial charge < -0.3 is 15.2 Å². The second kappa shape index (κ2) is 7.23. The number of carboxylic acids is 1. The van der Waals surface area contributed by atoms with Crippen molar-refractivity contribution in [1.82, 2.24) is 5.32 Å². The number of methoxy groups -OCH3 is 1. The van der Waals surface area contributed by atoms with Crippen molar-refractivity contribution in [2.75, 3.05) is 13.7 Å². The van der Waals surface area contributed by atoms with Crippen LogP contribution in [0.2, 0.25) is 0 Å². The van der Waals surface area contributed by atoms with Crippen molar-refractivity contribution in [3.8, 4) is 0 Å². The molecule has 0 aliphatic carbocycles. The number of ether oxygens (including phenoxy) is 1. The van der Waals surface area contributed by atoms with Crippen molar-refractivity contribution >= 4 is 11.9 Å². The lowest BCUT2D eigenvalue weighted by molar-refractivity contribution is -0.142. The molecule has 88 valence electrons. The summed E-state index contributed by atoms with van der Waals surface area (Å²) in [6.45, 7) is 3.96. The molecule has 0 aliphatic rings. The molecule has 0 aromatic carbocycles. The Balaban J connectivity index is 4.21. The van der Waals surface area contributed by atoms with E-state index in [4.69, 9.17) is 9.84 Å². The molecule has 0 fully saturated rings. The summed E-state index contributed by atoms with van der Waals surface area (Å²) in [5, 5.41) is 11.4. The number of aliphatic carboxylic acids is 1. The smallest absolute Gasteiger partial charge is 0.304 e. The van der Waals surface area contributed by atoms with Crippen molar-refractivity contribution in [3.05, 3.63) is 0 Å². The van der Waals surface area contributed by atoms with Crippen molar-refractivity contribution in [1.29, 1.82) is 0 Å². The summed E-state index contributed by atoms with van der Waals surface area (Å²) in [5.74, 6) is -1.86. The van der Waals surface area contributed by atoms with Crippen LogP contribution in [0.4, 0.5) is 0 Å². The van der Waals surface area contributed by atoms with E-state index >= 15 is 0 Å². The van der Waals surface area contributed by atoms with E-state index in [0.717, 1.165) is 6.42 Å². The minimum absolute atomic E-state index is 0.0608. The van der Waals surface area contributed by atoms with Crippen LogP contribution in [0.3, 0.4) is 0 Å². The number of hydrogen-bond donors (Lipinski definition) is 2. The maximum Gasteiger partial charge on any atom is 0.304 e. The van der Waals surface area contributed by atoms with Crippen LogP contribution in [-0.2, 0) is 14.3 Å². The molecule has 2 atom stereocenters. The van der Waals surface area contributed by atoms with E-state index in [1.807, 2.05) is 13.8 Å². The van der Waals surface area contributed by atoms with Gasteiger partial charge in [0.25, 0.3) is 0 Å². The van der Waals surface area contributed by atoms with Gasteiger partial charge in [0.05, 0.1) is 18.9 Å². The van der Waals surface area contributed by atoms with Gasteiger partial charge in [-0.05, 0) is 13.3 Å². The third kappa shape index (κ3) is 6.06. The number of hydrogen-bond acceptors (Lipinski definition) is 3. The molecule has 0 spiro atoms. The molecular weight excluding hydrogens is 198 g/mol. The first-order valence-corrected chi connectivity index (χ1v) is 5.02. The Hall–Kier alpha value is -1.10. The largest absolute Gasteiger partial charge is 0.481 e. The van der Waals surface area contributed by atoms with Gasteiger partial charge in [0.1, 0.15) is 0 Å². The lowest BCUT2D eigenvalue weighted by atomic mass is 10.1. The van der Waals surface area contributed by atoms with Crippen molar-refractivity contribution in [2.45, 2.75) is 32.7 Å². The van der Waals surface area contributed by atoms with Crippen LogP contribution < -0.4 is 5.32 Å². The number of carbonyl (C=O) groups is 2. The van der Waals surface area contributed by atoms with Crippen molar-refractivity contribution < 1.29 is 19.4 Å². The first-order valence-electron chi connectivity index (χ1n) is 5.02. The van der Waals surface area contributed by atoms with Crippen LogP contribution in [-0.4, -0.2) is 36.7 Å². The van der Waals surface area contributed by atoms with E-state index in [-0.39, 0.29) is 25.0 Å². The summed E-state index contributed by atoms with van der Waals surface area (Å²) >= 11 is 0. The molecule has 5 nitrogen and oxygen atoms in total. The molecule has 0 aliphatic heterocycles. The quantitative estimate of drug-likeness (QED) is 0.656. The Morgan fingerprint density at radius 3 is 2.47 bits per heavy atom. The Morgan fingerprint density at radius 1 is 1.47 bits per heavy atom. The second-order valence-corrected chi connectivity index (χ2v) is 3.57. The fraction of sp³-hybridized carbons (Fsp3) is 0.800. The van der Waals surface area contributed by atoms with E-state index in [1.54, 1.807) is 0 Å². The SMILES string of the molecule is CCC(C)NC(=O)C(COC)CC(=O)O. The zero-order valence-electron chi connectivity index (χ0n) is 9.45. The number of nitrogens with one attached hydrogen (secondary N) is 1. The van der Waals surface area contributed by atoms with E-state index in [1.165, 1.54) is 7.11 Å². The van der Waals surface area contributed by atoms with Crippen LogP contribution in [0, 0.1) is 5.92 Å². The normalized spacial score (nSPS) is 14.3. The summed E-state index contributed by atoms with van der Waals surface area (Å²) in [6.07, 6.45) is 0.620. The minimum Gasteiger partial charge on any atom is -0.481 e. The van der Waals surface area contributed by atoms with Gasteiger partial charge in [-0.1, -0.05) is 6.92 Å². The lowest BCUT2D eigenvalue weighted by Crippen LogP contribution is -2.39. The van der Waals surface area contributed by atoms with Gasteiger partial charge in [-0.3, -0.25) is 9.59 Å².